The molecule has 2 rings (SSSR count). The lowest BCUT2D eigenvalue weighted by molar-refractivity contribution is -0.0103. The number of hydrogen-bond donors (Lipinski definition) is 1. The molecule has 1 fully saturated rings. The molecular weight excluding hydrogens is 252 g/mol. The lowest BCUT2D eigenvalue weighted by atomic mass is 10.1. The van der Waals surface area contributed by atoms with Crippen molar-refractivity contribution < 1.29 is 9.84 Å². The summed E-state index contributed by atoms with van der Waals surface area (Å²) in [4.78, 5) is 2.08. The Bertz CT molecular complexity index is 473. The molecule has 1 aromatic carbocycles. The average molecular weight is 267 g/mol. The Kier molecular flexibility index (Phi) is 4.07. The average Bonchev–Trinajstić information content (AvgIpc) is 2.39. The molecule has 4 nitrogen and oxygen atoms in total. The van der Waals surface area contributed by atoms with Crippen LogP contribution < -0.4 is 4.90 Å². The highest BCUT2D eigenvalue weighted by Gasteiger charge is 2.27. The van der Waals surface area contributed by atoms with Crippen LogP contribution in [0.2, 0.25) is 5.02 Å². The lowest BCUT2D eigenvalue weighted by Crippen LogP contribution is -2.49. The second kappa shape index (κ2) is 5.57. The highest BCUT2D eigenvalue weighted by Crippen LogP contribution is 2.27. The van der Waals surface area contributed by atoms with E-state index in [0.717, 1.165) is 5.69 Å². The fourth-order valence-corrected chi connectivity index (χ4v) is 2.28. The van der Waals surface area contributed by atoms with Gasteiger partial charge in [0.25, 0.3) is 0 Å². The number of benzene rings is 1. The monoisotopic (exact) mass is 266 g/mol. The van der Waals surface area contributed by atoms with Gasteiger partial charge in [0.1, 0.15) is 6.07 Å². The van der Waals surface area contributed by atoms with E-state index in [-0.39, 0.29) is 18.8 Å². The first-order chi connectivity index (χ1) is 8.65. The van der Waals surface area contributed by atoms with Gasteiger partial charge in [0.15, 0.2) is 0 Å². The number of nitriles is 1. The summed E-state index contributed by atoms with van der Waals surface area (Å²) in [5.74, 6) is 0. The van der Waals surface area contributed by atoms with Crippen molar-refractivity contribution in [1.82, 2.24) is 0 Å². The molecule has 1 N–H and O–H groups in total. The number of morpholine rings is 1. The molecule has 0 aromatic heterocycles. The molecule has 0 amide bonds. The summed E-state index contributed by atoms with van der Waals surface area (Å²) in [6.45, 7) is 3.13. The van der Waals surface area contributed by atoms with Gasteiger partial charge in [-0.25, -0.2) is 0 Å². The zero-order valence-corrected chi connectivity index (χ0v) is 10.9. The lowest BCUT2D eigenvalue weighted by Gasteiger charge is -2.39. The Morgan fingerprint density at radius 1 is 1.61 bits per heavy atom. The zero-order chi connectivity index (χ0) is 13.1. The topological polar surface area (TPSA) is 56.5 Å². The third-order valence-electron chi connectivity index (χ3n) is 3.10. The Labute approximate surface area is 111 Å². The maximum absolute atomic E-state index is 9.17. The van der Waals surface area contributed by atoms with Crippen molar-refractivity contribution in [3.05, 3.63) is 28.8 Å². The van der Waals surface area contributed by atoms with Crippen molar-refractivity contribution in [2.75, 3.05) is 24.7 Å². The summed E-state index contributed by atoms with van der Waals surface area (Å²) < 4.78 is 5.49. The number of rotatable bonds is 2. The predicted octanol–water partition coefficient (Wildman–Crippen LogP) is 1.80. The summed E-state index contributed by atoms with van der Waals surface area (Å²) in [6.07, 6.45) is -0.205. The van der Waals surface area contributed by atoms with Crippen LogP contribution in [0.4, 0.5) is 5.69 Å². The van der Waals surface area contributed by atoms with Crippen molar-refractivity contribution in [3.63, 3.8) is 0 Å². The molecule has 0 radical (unpaired) electrons. The first-order valence-corrected chi connectivity index (χ1v) is 6.22. The molecule has 1 aromatic rings. The SMILES string of the molecule is CC1COC(CO)CN1c1ccc(Cl)cc1C#N. The minimum absolute atomic E-state index is 0.0152. The molecule has 18 heavy (non-hydrogen) atoms. The number of halogens is 1. The van der Waals surface area contributed by atoms with Gasteiger partial charge in [-0.2, -0.15) is 5.26 Å². The van der Waals surface area contributed by atoms with Gasteiger partial charge in [0.2, 0.25) is 0 Å². The normalized spacial score (nSPS) is 23.8. The second-order valence-electron chi connectivity index (χ2n) is 4.41. The molecule has 0 saturated carbocycles. The van der Waals surface area contributed by atoms with E-state index < -0.39 is 0 Å². The van der Waals surface area contributed by atoms with Crippen molar-refractivity contribution in [1.29, 1.82) is 5.26 Å². The van der Waals surface area contributed by atoms with Gasteiger partial charge in [0.05, 0.1) is 30.6 Å². The van der Waals surface area contributed by atoms with E-state index in [0.29, 0.717) is 23.7 Å². The van der Waals surface area contributed by atoms with E-state index >= 15 is 0 Å². The minimum Gasteiger partial charge on any atom is -0.394 e. The third kappa shape index (κ3) is 2.59. The van der Waals surface area contributed by atoms with Gasteiger partial charge >= 0.3 is 0 Å². The van der Waals surface area contributed by atoms with Gasteiger partial charge in [0, 0.05) is 17.6 Å². The molecule has 2 atom stereocenters. The molecule has 1 heterocycles. The summed E-state index contributed by atoms with van der Waals surface area (Å²) in [7, 11) is 0. The molecule has 0 spiro atoms. The number of nitrogens with zero attached hydrogens (tertiary/aromatic N) is 2. The maximum Gasteiger partial charge on any atom is 0.101 e. The predicted molar refractivity (Wildman–Crippen MR) is 69.8 cm³/mol. The summed E-state index contributed by atoms with van der Waals surface area (Å²) in [5, 5.41) is 18.9. The van der Waals surface area contributed by atoms with Crippen LogP contribution in [0.25, 0.3) is 0 Å². The molecule has 1 aliphatic rings. The number of anilines is 1. The summed E-state index contributed by atoms with van der Waals surface area (Å²) >= 11 is 5.89. The van der Waals surface area contributed by atoms with Crippen LogP contribution >= 0.6 is 11.6 Å². The van der Waals surface area contributed by atoms with Crippen molar-refractivity contribution >= 4 is 17.3 Å². The second-order valence-corrected chi connectivity index (χ2v) is 4.85. The molecule has 5 heteroatoms. The van der Waals surface area contributed by atoms with Crippen LogP contribution in [0, 0.1) is 11.3 Å². The molecule has 1 aliphatic heterocycles. The molecular formula is C13H15ClN2O2. The smallest absolute Gasteiger partial charge is 0.101 e. The van der Waals surface area contributed by atoms with Crippen LogP contribution in [0.3, 0.4) is 0 Å². The van der Waals surface area contributed by atoms with Gasteiger partial charge in [-0.05, 0) is 25.1 Å². The molecule has 1 saturated heterocycles. The number of aliphatic hydroxyl groups excluding tert-OH is 1. The first kappa shape index (κ1) is 13.2. The minimum atomic E-state index is -0.205. The highest BCUT2D eigenvalue weighted by atomic mass is 35.5. The highest BCUT2D eigenvalue weighted by molar-refractivity contribution is 6.30. The number of hydrogen-bond acceptors (Lipinski definition) is 4. The van der Waals surface area contributed by atoms with Crippen LogP contribution in [-0.2, 0) is 4.74 Å². The molecule has 0 aliphatic carbocycles. The van der Waals surface area contributed by atoms with Gasteiger partial charge < -0.3 is 14.7 Å². The standard InChI is InChI=1S/C13H15ClN2O2/c1-9-8-18-12(7-17)6-16(9)13-3-2-11(14)4-10(13)5-15/h2-4,9,12,17H,6-8H2,1H3. The van der Waals surface area contributed by atoms with E-state index in [1.165, 1.54) is 0 Å². The summed E-state index contributed by atoms with van der Waals surface area (Å²) in [6, 6.07) is 7.60. The van der Waals surface area contributed by atoms with Gasteiger partial charge in [-0.3, -0.25) is 0 Å². The fourth-order valence-electron chi connectivity index (χ4n) is 2.11. The first-order valence-electron chi connectivity index (χ1n) is 5.84. The Balaban J connectivity index is 2.32. The Morgan fingerprint density at radius 3 is 3.06 bits per heavy atom. The van der Waals surface area contributed by atoms with Crippen LogP contribution in [0.1, 0.15) is 12.5 Å². The van der Waals surface area contributed by atoms with Gasteiger partial charge in [-0.1, -0.05) is 11.6 Å². The van der Waals surface area contributed by atoms with E-state index in [1.54, 1.807) is 12.1 Å². The van der Waals surface area contributed by atoms with E-state index in [9.17, 15) is 5.11 Å². The van der Waals surface area contributed by atoms with E-state index in [2.05, 4.69) is 11.0 Å². The zero-order valence-electron chi connectivity index (χ0n) is 10.1. The van der Waals surface area contributed by atoms with E-state index in [4.69, 9.17) is 21.6 Å². The Morgan fingerprint density at radius 2 is 2.39 bits per heavy atom. The largest absolute Gasteiger partial charge is 0.394 e. The summed E-state index contributed by atoms with van der Waals surface area (Å²) in [5.41, 5.74) is 1.39. The number of ether oxygens (including phenoxy) is 1. The number of aliphatic hydroxyl groups is 1. The van der Waals surface area contributed by atoms with Crippen LogP contribution in [0.5, 0.6) is 0 Å². The fraction of sp³-hybridized carbons (Fsp3) is 0.462. The molecule has 96 valence electrons. The van der Waals surface area contributed by atoms with Crippen molar-refractivity contribution in [3.8, 4) is 6.07 Å². The van der Waals surface area contributed by atoms with Crippen molar-refractivity contribution in [2.24, 2.45) is 0 Å². The third-order valence-corrected chi connectivity index (χ3v) is 3.33. The molecule has 0 bridgehead atoms. The van der Waals surface area contributed by atoms with Crippen molar-refractivity contribution in [2.45, 2.75) is 19.1 Å². The van der Waals surface area contributed by atoms with Crippen LogP contribution in [0.15, 0.2) is 18.2 Å². The maximum atomic E-state index is 9.17. The quantitative estimate of drug-likeness (QED) is 0.887. The van der Waals surface area contributed by atoms with E-state index in [1.807, 2.05) is 13.0 Å². The molecule has 2 unspecified atom stereocenters. The van der Waals surface area contributed by atoms with Crippen LogP contribution in [-0.4, -0.2) is 37.0 Å². The Hall–Kier alpha value is -1.28. The van der Waals surface area contributed by atoms with Gasteiger partial charge in [-0.15, -0.1) is 0 Å².